The summed E-state index contributed by atoms with van der Waals surface area (Å²) in [5.41, 5.74) is 0.357. The smallest absolute Gasteiger partial charge is 0.305 e. The van der Waals surface area contributed by atoms with Crippen molar-refractivity contribution in [3.63, 3.8) is 0 Å². The Hall–Kier alpha value is -3.39. The van der Waals surface area contributed by atoms with Gasteiger partial charge in [0.15, 0.2) is 5.69 Å². The summed E-state index contributed by atoms with van der Waals surface area (Å²) in [5, 5.41) is 26.2. The lowest BCUT2D eigenvalue weighted by Crippen LogP contribution is -2.31. The highest BCUT2D eigenvalue weighted by atomic mass is 35.5. The maximum Gasteiger partial charge on any atom is 0.305 e. The summed E-state index contributed by atoms with van der Waals surface area (Å²) in [4.78, 5) is 23.7. The van der Waals surface area contributed by atoms with Gasteiger partial charge >= 0.3 is 5.97 Å². The van der Waals surface area contributed by atoms with E-state index in [-0.39, 0.29) is 17.1 Å². The highest BCUT2D eigenvalue weighted by Gasteiger charge is 2.23. The number of aromatic nitrogens is 2. The number of aliphatic carboxylic acids is 1. The summed E-state index contributed by atoms with van der Waals surface area (Å²) in [6.07, 6.45) is -0.517. The van der Waals surface area contributed by atoms with Crippen molar-refractivity contribution in [3.05, 3.63) is 76.7 Å². The van der Waals surface area contributed by atoms with Crippen LogP contribution in [0, 0.1) is 5.82 Å². The summed E-state index contributed by atoms with van der Waals surface area (Å²) < 4.78 is 15.2. The molecule has 1 atom stereocenters. The van der Waals surface area contributed by atoms with Gasteiger partial charge in [0.1, 0.15) is 5.82 Å². The molecule has 0 saturated heterocycles. The molecule has 3 N–H and O–H groups in total. The Balaban J connectivity index is 1.86. The molecular formula is C19H15ClFN3O4. The lowest BCUT2D eigenvalue weighted by Gasteiger charge is -2.17. The Labute approximate surface area is 164 Å². The first-order valence-corrected chi connectivity index (χ1v) is 8.55. The fourth-order valence-corrected chi connectivity index (χ4v) is 2.78. The standard InChI is InChI=1S/C19H15ClFN3O4/c20-11-5-7-12(8-6-11)24-17(25)9-16(23-24)19(28)22-15(10-18(26)27)13-3-1-2-4-14(13)21/h1-9,15,25H,10H2,(H,22,28)(H,26,27)/t15-/m0/s1. The van der Waals surface area contributed by atoms with Crippen LogP contribution in [0.5, 0.6) is 5.88 Å². The predicted octanol–water partition coefficient (Wildman–Crippen LogP) is 3.32. The number of aromatic hydroxyl groups is 1. The number of benzene rings is 2. The minimum absolute atomic E-state index is 0.0413. The zero-order valence-electron chi connectivity index (χ0n) is 14.3. The monoisotopic (exact) mass is 403 g/mol. The van der Waals surface area contributed by atoms with Crippen molar-refractivity contribution in [2.75, 3.05) is 0 Å². The number of carboxylic acid groups (broad SMARTS) is 1. The maximum atomic E-state index is 14.1. The van der Waals surface area contributed by atoms with Gasteiger partial charge in [0.05, 0.1) is 18.2 Å². The molecule has 1 heterocycles. The summed E-state index contributed by atoms with van der Waals surface area (Å²) in [6, 6.07) is 12.0. The van der Waals surface area contributed by atoms with E-state index in [4.69, 9.17) is 16.7 Å². The number of amides is 1. The second-order valence-electron chi connectivity index (χ2n) is 5.92. The van der Waals surface area contributed by atoms with Crippen LogP contribution in [0.2, 0.25) is 5.02 Å². The quantitative estimate of drug-likeness (QED) is 0.585. The van der Waals surface area contributed by atoms with E-state index in [1.54, 1.807) is 30.3 Å². The average molecular weight is 404 g/mol. The number of nitrogens with one attached hydrogen (secondary N) is 1. The van der Waals surface area contributed by atoms with Gasteiger partial charge in [0.2, 0.25) is 5.88 Å². The van der Waals surface area contributed by atoms with Gasteiger partial charge in [0.25, 0.3) is 5.91 Å². The zero-order valence-corrected chi connectivity index (χ0v) is 15.1. The lowest BCUT2D eigenvalue weighted by atomic mass is 10.0. The Morgan fingerprint density at radius 1 is 1.18 bits per heavy atom. The first-order chi connectivity index (χ1) is 13.3. The minimum atomic E-state index is -1.21. The van der Waals surface area contributed by atoms with Crippen molar-refractivity contribution >= 4 is 23.5 Å². The topological polar surface area (TPSA) is 104 Å². The van der Waals surface area contributed by atoms with Crippen LogP contribution in [0.4, 0.5) is 4.39 Å². The van der Waals surface area contributed by atoms with Gasteiger partial charge in [-0.05, 0) is 30.3 Å². The molecule has 0 aliphatic heterocycles. The van der Waals surface area contributed by atoms with Gasteiger partial charge in [-0.2, -0.15) is 5.10 Å². The highest BCUT2D eigenvalue weighted by molar-refractivity contribution is 6.30. The SMILES string of the molecule is O=C(O)C[C@H](NC(=O)c1cc(O)n(-c2ccc(Cl)cc2)n1)c1ccccc1F. The molecule has 144 valence electrons. The number of hydrogen-bond acceptors (Lipinski definition) is 4. The van der Waals surface area contributed by atoms with Gasteiger partial charge in [-0.25, -0.2) is 9.07 Å². The van der Waals surface area contributed by atoms with Gasteiger partial charge < -0.3 is 15.5 Å². The van der Waals surface area contributed by atoms with Crippen molar-refractivity contribution in [1.29, 1.82) is 0 Å². The van der Waals surface area contributed by atoms with Crippen LogP contribution in [-0.2, 0) is 4.79 Å². The van der Waals surface area contributed by atoms with Crippen LogP contribution in [-0.4, -0.2) is 31.9 Å². The third kappa shape index (κ3) is 4.29. The van der Waals surface area contributed by atoms with Crippen LogP contribution in [0.25, 0.3) is 5.69 Å². The molecule has 0 aliphatic rings. The van der Waals surface area contributed by atoms with E-state index in [9.17, 15) is 19.1 Å². The molecule has 0 radical (unpaired) electrons. The molecule has 3 rings (SSSR count). The molecule has 0 bridgehead atoms. The Bertz CT molecular complexity index is 1020. The molecule has 1 amide bonds. The number of halogens is 2. The largest absolute Gasteiger partial charge is 0.493 e. The van der Waals surface area contributed by atoms with E-state index in [1.165, 1.54) is 18.2 Å². The van der Waals surface area contributed by atoms with E-state index in [0.29, 0.717) is 10.7 Å². The summed E-state index contributed by atoms with van der Waals surface area (Å²) in [7, 11) is 0. The second kappa shape index (κ2) is 8.10. The van der Waals surface area contributed by atoms with E-state index in [2.05, 4.69) is 10.4 Å². The molecule has 0 saturated carbocycles. The van der Waals surface area contributed by atoms with Crippen LogP contribution >= 0.6 is 11.6 Å². The fraction of sp³-hybridized carbons (Fsp3) is 0.105. The number of nitrogens with zero attached hydrogens (tertiary/aromatic N) is 2. The molecule has 0 aliphatic carbocycles. The number of carbonyl (C=O) groups excluding carboxylic acids is 1. The summed E-state index contributed by atoms with van der Waals surface area (Å²) >= 11 is 5.83. The van der Waals surface area contributed by atoms with Crippen molar-refractivity contribution in [2.24, 2.45) is 0 Å². The molecule has 1 aromatic heterocycles. The summed E-state index contributed by atoms with van der Waals surface area (Å²) in [6.45, 7) is 0. The molecular weight excluding hydrogens is 389 g/mol. The molecule has 3 aromatic rings. The molecule has 9 heteroatoms. The first kappa shape index (κ1) is 19.4. The Morgan fingerprint density at radius 2 is 1.86 bits per heavy atom. The van der Waals surface area contributed by atoms with Gasteiger partial charge in [-0.3, -0.25) is 9.59 Å². The van der Waals surface area contributed by atoms with E-state index in [1.807, 2.05) is 0 Å². The number of carboxylic acids is 1. The zero-order chi connectivity index (χ0) is 20.3. The van der Waals surface area contributed by atoms with Gasteiger partial charge in [0, 0.05) is 16.7 Å². The number of carbonyl (C=O) groups is 2. The highest BCUT2D eigenvalue weighted by Crippen LogP contribution is 2.23. The average Bonchev–Trinajstić information content (AvgIpc) is 3.04. The maximum absolute atomic E-state index is 14.1. The fourth-order valence-electron chi connectivity index (χ4n) is 2.66. The first-order valence-electron chi connectivity index (χ1n) is 8.17. The van der Waals surface area contributed by atoms with Crippen LogP contribution in [0.15, 0.2) is 54.6 Å². The van der Waals surface area contributed by atoms with E-state index < -0.39 is 30.2 Å². The van der Waals surface area contributed by atoms with E-state index in [0.717, 1.165) is 10.7 Å². The third-order valence-electron chi connectivity index (χ3n) is 3.96. The lowest BCUT2D eigenvalue weighted by molar-refractivity contribution is -0.137. The molecule has 0 unspecified atom stereocenters. The van der Waals surface area contributed by atoms with Crippen LogP contribution in [0.1, 0.15) is 28.5 Å². The number of hydrogen-bond donors (Lipinski definition) is 3. The van der Waals surface area contributed by atoms with Crippen LogP contribution in [0.3, 0.4) is 0 Å². The predicted molar refractivity (Wildman–Crippen MR) is 99.1 cm³/mol. The molecule has 2 aromatic carbocycles. The van der Waals surface area contributed by atoms with E-state index >= 15 is 0 Å². The van der Waals surface area contributed by atoms with Gasteiger partial charge in [-0.1, -0.05) is 29.8 Å². The Morgan fingerprint density at radius 3 is 2.50 bits per heavy atom. The third-order valence-corrected chi connectivity index (χ3v) is 4.21. The van der Waals surface area contributed by atoms with Crippen molar-refractivity contribution in [2.45, 2.75) is 12.5 Å². The van der Waals surface area contributed by atoms with Crippen molar-refractivity contribution < 1.29 is 24.2 Å². The number of rotatable bonds is 6. The normalized spacial score (nSPS) is 11.8. The summed E-state index contributed by atoms with van der Waals surface area (Å²) in [5.74, 6) is -2.89. The molecule has 0 fully saturated rings. The van der Waals surface area contributed by atoms with Crippen molar-refractivity contribution in [3.8, 4) is 11.6 Å². The second-order valence-corrected chi connectivity index (χ2v) is 6.36. The molecule has 28 heavy (non-hydrogen) atoms. The Kier molecular flexibility index (Phi) is 5.60. The molecule has 0 spiro atoms. The molecule has 7 nitrogen and oxygen atoms in total. The van der Waals surface area contributed by atoms with Crippen molar-refractivity contribution in [1.82, 2.24) is 15.1 Å². The minimum Gasteiger partial charge on any atom is -0.493 e. The van der Waals surface area contributed by atoms with Crippen LogP contribution < -0.4 is 5.32 Å². The van der Waals surface area contributed by atoms with Gasteiger partial charge in [-0.15, -0.1) is 0 Å².